The van der Waals surface area contributed by atoms with Crippen LogP contribution >= 0.6 is 0 Å². The van der Waals surface area contributed by atoms with Gasteiger partial charge in [0.05, 0.1) is 19.8 Å². The molecule has 3 unspecified atom stereocenters. The molecule has 0 radical (unpaired) electrons. The highest BCUT2D eigenvalue weighted by Gasteiger charge is 2.29. The summed E-state index contributed by atoms with van der Waals surface area (Å²) in [6, 6.07) is 2.30. The van der Waals surface area contributed by atoms with Crippen LogP contribution in [0.3, 0.4) is 0 Å². The van der Waals surface area contributed by atoms with Gasteiger partial charge in [0.15, 0.2) is 0 Å². The van der Waals surface area contributed by atoms with E-state index in [1.165, 1.54) is 0 Å². The first-order chi connectivity index (χ1) is 9.22. The van der Waals surface area contributed by atoms with Gasteiger partial charge in [-0.25, -0.2) is 9.97 Å². The molecule has 5 heteroatoms. The molecule has 1 aromatic heterocycles. The highest BCUT2D eigenvalue weighted by molar-refractivity contribution is 5.14. The van der Waals surface area contributed by atoms with Crippen molar-refractivity contribution in [2.24, 2.45) is 5.92 Å². The number of likely N-dealkylation sites (N-methyl/N-ethyl adjacent to an activating group) is 1. The van der Waals surface area contributed by atoms with Gasteiger partial charge in [0.1, 0.15) is 6.33 Å². The van der Waals surface area contributed by atoms with Crippen LogP contribution in [-0.2, 0) is 11.2 Å². The summed E-state index contributed by atoms with van der Waals surface area (Å²) in [6.45, 7) is 6.06. The number of rotatable bonds is 6. The van der Waals surface area contributed by atoms with Gasteiger partial charge in [-0.2, -0.15) is 0 Å². The van der Waals surface area contributed by atoms with Crippen molar-refractivity contribution in [1.82, 2.24) is 15.3 Å². The molecule has 106 valence electrons. The fraction of sp³-hybridized carbons (Fsp3) is 0.714. The zero-order valence-corrected chi connectivity index (χ0v) is 11.9. The molecule has 0 aromatic carbocycles. The van der Waals surface area contributed by atoms with Crippen molar-refractivity contribution < 1.29 is 9.47 Å². The standard InChI is InChI=1S/C14H23N3O2/c1-4-15-13(11-5-10(2)19-8-11)6-12-7-14(18-3)17-9-16-12/h7,9-11,13,15H,4-6,8H2,1-3H3. The molecule has 1 N–H and O–H groups in total. The Kier molecular flexibility index (Phi) is 5.10. The number of aromatic nitrogens is 2. The Morgan fingerprint density at radius 1 is 1.53 bits per heavy atom. The first-order valence-corrected chi connectivity index (χ1v) is 6.92. The van der Waals surface area contributed by atoms with Crippen LogP contribution in [-0.4, -0.2) is 42.4 Å². The minimum absolute atomic E-state index is 0.367. The molecule has 19 heavy (non-hydrogen) atoms. The van der Waals surface area contributed by atoms with Crippen molar-refractivity contribution in [2.45, 2.75) is 38.8 Å². The minimum Gasteiger partial charge on any atom is -0.481 e. The highest BCUT2D eigenvalue weighted by Crippen LogP contribution is 2.24. The van der Waals surface area contributed by atoms with E-state index in [0.717, 1.165) is 31.7 Å². The number of methoxy groups -OCH3 is 1. The maximum Gasteiger partial charge on any atom is 0.216 e. The molecule has 1 fully saturated rings. The van der Waals surface area contributed by atoms with Crippen molar-refractivity contribution >= 4 is 0 Å². The molecule has 5 nitrogen and oxygen atoms in total. The van der Waals surface area contributed by atoms with Crippen molar-refractivity contribution in [3.8, 4) is 5.88 Å². The molecule has 0 saturated carbocycles. The summed E-state index contributed by atoms with van der Waals surface area (Å²) in [5.74, 6) is 1.17. The third-order valence-electron chi connectivity index (χ3n) is 3.60. The molecule has 1 aromatic rings. The normalized spacial score (nSPS) is 24.4. The molecule has 0 amide bonds. The van der Waals surface area contributed by atoms with E-state index >= 15 is 0 Å². The van der Waals surface area contributed by atoms with Gasteiger partial charge in [0.2, 0.25) is 5.88 Å². The first-order valence-electron chi connectivity index (χ1n) is 6.92. The Morgan fingerprint density at radius 3 is 3.00 bits per heavy atom. The molecule has 3 atom stereocenters. The predicted octanol–water partition coefficient (Wildman–Crippen LogP) is 1.43. The molecule has 0 bridgehead atoms. The first kappa shape index (κ1) is 14.2. The molecule has 0 aliphatic carbocycles. The van der Waals surface area contributed by atoms with Gasteiger partial charge in [-0.3, -0.25) is 0 Å². The van der Waals surface area contributed by atoms with Gasteiger partial charge in [-0.1, -0.05) is 6.92 Å². The average molecular weight is 265 g/mol. The van der Waals surface area contributed by atoms with Gasteiger partial charge < -0.3 is 14.8 Å². The topological polar surface area (TPSA) is 56.3 Å². The van der Waals surface area contributed by atoms with E-state index in [0.29, 0.717) is 23.9 Å². The van der Waals surface area contributed by atoms with Crippen molar-refractivity contribution in [1.29, 1.82) is 0 Å². The number of hydrogen-bond donors (Lipinski definition) is 1. The van der Waals surface area contributed by atoms with Crippen LogP contribution in [0.5, 0.6) is 5.88 Å². The lowest BCUT2D eigenvalue weighted by Crippen LogP contribution is -2.38. The van der Waals surface area contributed by atoms with Crippen molar-refractivity contribution in [2.75, 3.05) is 20.3 Å². The van der Waals surface area contributed by atoms with Gasteiger partial charge in [-0.05, 0) is 19.9 Å². The summed E-state index contributed by atoms with van der Waals surface area (Å²) in [7, 11) is 1.63. The fourth-order valence-corrected chi connectivity index (χ4v) is 2.62. The summed E-state index contributed by atoms with van der Waals surface area (Å²) in [5, 5.41) is 3.55. The van der Waals surface area contributed by atoms with Crippen LogP contribution < -0.4 is 10.1 Å². The number of ether oxygens (including phenoxy) is 2. The van der Waals surface area contributed by atoms with Crippen LogP contribution in [0.1, 0.15) is 26.0 Å². The molecular formula is C14H23N3O2. The Hall–Kier alpha value is -1.20. The van der Waals surface area contributed by atoms with Crippen LogP contribution in [0.2, 0.25) is 0 Å². The summed E-state index contributed by atoms with van der Waals surface area (Å²) < 4.78 is 10.8. The maximum atomic E-state index is 5.68. The highest BCUT2D eigenvalue weighted by atomic mass is 16.5. The lowest BCUT2D eigenvalue weighted by molar-refractivity contribution is 0.117. The van der Waals surface area contributed by atoms with E-state index < -0.39 is 0 Å². The Labute approximate surface area is 114 Å². The SMILES string of the molecule is CCNC(Cc1cc(OC)ncn1)C1COC(C)C1. The summed E-state index contributed by atoms with van der Waals surface area (Å²) in [4.78, 5) is 8.37. The van der Waals surface area contributed by atoms with E-state index in [1.807, 2.05) is 6.07 Å². The molecular weight excluding hydrogens is 242 g/mol. The van der Waals surface area contributed by atoms with Crippen LogP contribution in [0.25, 0.3) is 0 Å². The Morgan fingerprint density at radius 2 is 2.37 bits per heavy atom. The molecule has 1 aliphatic rings. The molecule has 0 spiro atoms. The summed E-state index contributed by atoms with van der Waals surface area (Å²) in [5.41, 5.74) is 1.01. The third kappa shape index (κ3) is 3.88. The summed E-state index contributed by atoms with van der Waals surface area (Å²) >= 11 is 0. The molecule has 1 aliphatic heterocycles. The quantitative estimate of drug-likeness (QED) is 0.843. The number of nitrogens with one attached hydrogen (secondary N) is 1. The maximum absolute atomic E-state index is 5.68. The number of hydrogen-bond acceptors (Lipinski definition) is 5. The second-order valence-electron chi connectivity index (χ2n) is 5.06. The second kappa shape index (κ2) is 6.82. The van der Waals surface area contributed by atoms with Crippen LogP contribution in [0.15, 0.2) is 12.4 Å². The predicted molar refractivity (Wildman–Crippen MR) is 73.3 cm³/mol. The average Bonchev–Trinajstić information content (AvgIpc) is 2.85. The van der Waals surface area contributed by atoms with Crippen molar-refractivity contribution in [3.63, 3.8) is 0 Å². The van der Waals surface area contributed by atoms with Gasteiger partial charge in [0.25, 0.3) is 0 Å². The van der Waals surface area contributed by atoms with Gasteiger partial charge in [-0.15, -0.1) is 0 Å². The third-order valence-corrected chi connectivity index (χ3v) is 3.60. The largest absolute Gasteiger partial charge is 0.481 e. The fourth-order valence-electron chi connectivity index (χ4n) is 2.62. The van der Waals surface area contributed by atoms with Gasteiger partial charge >= 0.3 is 0 Å². The smallest absolute Gasteiger partial charge is 0.216 e. The van der Waals surface area contributed by atoms with E-state index in [4.69, 9.17) is 9.47 Å². The van der Waals surface area contributed by atoms with Crippen LogP contribution in [0, 0.1) is 5.92 Å². The zero-order valence-electron chi connectivity index (χ0n) is 11.9. The van der Waals surface area contributed by atoms with Crippen LogP contribution in [0.4, 0.5) is 0 Å². The Bertz CT molecular complexity index is 400. The van der Waals surface area contributed by atoms with E-state index in [-0.39, 0.29) is 0 Å². The van der Waals surface area contributed by atoms with E-state index in [9.17, 15) is 0 Å². The van der Waals surface area contributed by atoms with E-state index in [1.54, 1.807) is 13.4 Å². The minimum atomic E-state index is 0.367. The lowest BCUT2D eigenvalue weighted by atomic mass is 9.93. The molecule has 1 saturated heterocycles. The number of nitrogens with zero attached hydrogens (tertiary/aromatic N) is 2. The molecule has 2 heterocycles. The zero-order chi connectivity index (χ0) is 13.7. The Balaban J connectivity index is 2.02. The monoisotopic (exact) mass is 265 g/mol. The van der Waals surface area contributed by atoms with E-state index in [2.05, 4.69) is 29.1 Å². The second-order valence-corrected chi connectivity index (χ2v) is 5.06. The lowest BCUT2D eigenvalue weighted by Gasteiger charge is -2.23. The van der Waals surface area contributed by atoms with Gasteiger partial charge in [0, 0.05) is 30.1 Å². The summed E-state index contributed by atoms with van der Waals surface area (Å²) in [6.07, 6.45) is 3.92. The molecule has 2 rings (SSSR count). The van der Waals surface area contributed by atoms with Crippen molar-refractivity contribution in [3.05, 3.63) is 18.1 Å².